The van der Waals surface area contributed by atoms with Crippen molar-refractivity contribution in [2.24, 2.45) is 0 Å². The molecule has 2 rings (SSSR count). The first-order chi connectivity index (χ1) is 12.8. The zero-order valence-corrected chi connectivity index (χ0v) is 17.0. The predicted octanol–water partition coefficient (Wildman–Crippen LogP) is 3.12. The molecule has 1 N–H and O–H groups in total. The lowest BCUT2D eigenvalue weighted by Crippen LogP contribution is -2.24. The van der Waals surface area contributed by atoms with E-state index >= 15 is 0 Å². The highest BCUT2D eigenvalue weighted by atomic mass is 16.5. The number of likely N-dealkylation sites (N-methyl/N-ethyl adjacent to an activating group) is 1. The van der Waals surface area contributed by atoms with Crippen molar-refractivity contribution >= 4 is 6.41 Å². The molecule has 0 unspecified atom stereocenters. The highest BCUT2D eigenvalue weighted by Gasteiger charge is 2.17. The first kappa shape index (κ1) is 22.6. The fourth-order valence-corrected chi connectivity index (χ4v) is 2.26. The van der Waals surface area contributed by atoms with Crippen LogP contribution in [0, 0.1) is 6.92 Å². The van der Waals surface area contributed by atoms with E-state index in [9.17, 15) is 9.90 Å². The molecule has 0 bridgehead atoms. The largest absolute Gasteiger partial charge is 0.478 e. The van der Waals surface area contributed by atoms with Gasteiger partial charge in [-0.1, -0.05) is 12.1 Å². The Morgan fingerprint density at radius 1 is 1.22 bits per heavy atom. The fraction of sp³-hybridized carbons (Fsp3) is 0.476. The Morgan fingerprint density at radius 3 is 2.52 bits per heavy atom. The minimum absolute atomic E-state index is 0.655. The van der Waals surface area contributed by atoms with E-state index in [-0.39, 0.29) is 0 Å². The molecule has 0 saturated carbocycles. The van der Waals surface area contributed by atoms with E-state index in [2.05, 4.69) is 9.97 Å². The summed E-state index contributed by atoms with van der Waals surface area (Å²) in [4.78, 5) is 20.8. The summed E-state index contributed by atoms with van der Waals surface area (Å²) in [6.45, 7) is 11.3. The second-order valence-corrected chi connectivity index (χ2v) is 6.62. The van der Waals surface area contributed by atoms with Crippen molar-refractivity contribution in [2.45, 2.75) is 46.6 Å². The van der Waals surface area contributed by atoms with Crippen LogP contribution in [0.25, 0.3) is 0 Å². The van der Waals surface area contributed by atoms with Crippen molar-refractivity contribution < 1.29 is 14.6 Å². The molecule has 0 aliphatic carbocycles. The Hall–Kier alpha value is -2.47. The Morgan fingerprint density at radius 2 is 1.96 bits per heavy atom. The van der Waals surface area contributed by atoms with Crippen molar-refractivity contribution in [3.8, 4) is 5.88 Å². The number of aryl methyl sites for hydroxylation is 1. The van der Waals surface area contributed by atoms with Gasteiger partial charge in [0.25, 0.3) is 0 Å². The van der Waals surface area contributed by atoms with E-state index < -0.39 is 5.60 Å². The number of aromatic nitrogens is 2. The Bertz CT molecular complexity index is 699. The van der Waals surface area contributed by atoms with Crippen LogP contribution in [0.5, 0.6) is 5.88 Å². The molecule has 2 aromatic heterocycles. The lowest BCUT2D eigenvalue weighted by Gasteiger charge is -2.18. The molecule has 0 atom stereocenters. The zero-order valence-electron chi connectivity index (χ0n) is 17.0. The smallest absolute Gasteiger partial charge is 0.216 e. The van der Waals surface area contributed by atoms with Gasteiger partial charge in [0.2, 0.25) is 12.3 Å². The van der Waals surface area contributed by atoms with Gasteiger partial charge in [-0.2, -0.15) is 0 Å². The Kier molecular flexibility index (Phi) is 9.44. The average molecular weight is 373 g/mol. The van der Waals surface area contributed by atoms with Gasteiger partial charge in [-0.15, -0.1) is 0 Å². The topological polar surface area (TPSA) is 75.6 Å². The maximum Gasteiger partial charge on any atom is 0.216 e. The van der Waals surface area contributed by atoms with Crippen molar-refractivity contribution in [1.29, 1.82) is 0 Å². The molecule has 0 fully saturated rings. The molecule has 1 amide bonds. The van der Waals surface area contributed by atoms with E-state index in [0.717, 1.165) is 23.5 Å². The first-order valence-electron chi connectivity index (χ1n) is 9.24. The summed E-state index contributed by atoms with van der Waals surface area (Å²) in [6.07, 6.45) is 3.29. The van der Waals surface area contributed by atoms with Crippen LogP contribution in [0.2, 0.25) is 0 Å². The summed E-state index contributed by atoms with van der Waals surface area (Å²) in [5.74, 6) is 0.741. The van der Waals surface area contributed by atoms with Crippen molar-refractivity contribution in [3.05, 3.63) is 53.5 Å². The second-order valence-electron chi connectivity index (χ2n) is 6.62. The molecule has 6 heteroatoms. The third-order valence-electron chi connectivity index (χ3n) is 3.89. The Balaban J connectivity index is 0.000000309. The van der Waals surface area contributed by atoms with Crippen LogP contribution in [-0.4, -0.2) is 46.1 Å². The summed E-state index contributed by atoms with van der Waals surface area (Å²) in [6, 6.07) is 9.48. The number of carbonyl (C=O) groups excluding carboxylic acids is 1. The summed E-state index contributed by atoms with van der Waals surface area (Å²) >= 11 is 0. The average Bonchev–Trinajstić information content (AvgIpc) is 2.65. The van der Waals surface area contributed by atoms with Gasteiger partial charge in [0.1, 0.15) is 5.60 Å². The number of nitrogens with zero attached hydrogens (tertiary/aromatic N) is 3. The van der Waals surface area contributed by atoms with Crippen LogP contribution in [0.3, 0.4) is 0 Å². The molecular weight excluding hydrogens is 342 g/mol. The highest BCUT2D eigenvalue weighted by Crippen LogP contribution is 2.17. The first-order valence-corrected chi connectivity index (χ1v) is 9.24. The third kappa shape index (κ3) is 8.17. The van der Waals surface area contributed by atoms with Crippen LogP contribution < -0.4 is 4.74 Å². The quantitative estimate of drug-likeness (QED) is 0.720. The van der Waals surface area contributed by atoms with Crippen LogP contribution >= 0.6 is 0 Å². The van der Waals surface area contributed by atoms with Gasteiger partial charge in [0.05, 0.1) is 12.3 Å². The minimum Gasteiger partial charge on any atom is -0.478 e. The number of hydrogen-bond acceptors (Lipinski definition) is 5. The molecule has 0 aromatic carbocycles. The summed E-state index contributed by atoms with van der Waals surface area (Å²) in [5, 5.41) is 9.85. The molecule has 6 nitrogen and oxygen atoms in total. The standard InChI is InChI=1S/C13H20N2O2.C8H11NO/c1-4-15(10-16)9-8-11-6-5-7-12(14-11)13(2,3)17;1-3-10-8-7(2)5-4-6-9-8/h5-7,10,17H,4,8-9H2,1-3H3;4-6H,3H2,1-2H3. The van der Waals surface area contributed by atoms with Crippen LogP contribution in [0.4, 0.5) is 0 Å². The molecule has 0 aliphatic heterocycles. The van der Waals surface area contributed by atoms with Gasteiger partial charge in [-0.3, -0.25) is 9.78 Å². The third-order valence-corrected chi connectivity index (χ3v) is 3.89. The molecule has 2 aromatic rings. The minimum atomic E-state index is -0.925. The van der Waals surface area contributed by atoms with Crippen molar-refractivity contribution in [2.75, 3.05) is 19.7 Å². The van der Waals surface area contributed by atoms with Gasteiger partial charge < -0.3 is 14.7 Å². The number of ether oxygens (including phenoxy) is 1. The molecule has 27 heavy (non-hydrogen) atoms. The van der Waals surface area contributed by atoms with Crippen LogP contribution in [-0.2, 0) is 16.8 Å². The van der Waals surface area contributed by atoms with Crippen LogP contribution in [0.15, 0.2) is 36.5 Å². The SMILES string of the molecule is CCN(C=O)CCc1cccc(C(C)(C)O)n1.CCOc1ncccc1C. The number of aliphatic hydroxyl groups is 1. The Labute approximate surface area is 162 Å². The van der Waals surface area contributed by atoms with E-state index in [4.69, 9.17) is 4.74 Å². The van der Waals surface area contributed by atoms with Crippen LogP contribution in [0.1, 0.15) is 44.6 Å². The molecule has 0 spiro atoms. The van der Waals surface area contributed by atoms with Crippen molar-refractivity contribution in [1.82, 2.24) is 14.9 Å². The van der Waals surface area contributed by atoms with Gasteiger partial charge >= 0.3 is 0 Å². The maximum atomic E-state index is 10.6. The molecular formula is C21H31N3O3. The molecule has 0 radical (unpaired) electrons. The second kappa shape index (κ2) is 11.3. The monoisotopic (exact) mass is 373 g/mol. The predicted molar refractivity (Wildman–Crippen MR) is 107 cm³/mol. The molecule has 2 heterocycles. The van der Waals surface area contributed by atoms with Gasteiger partial charge in [0.15, 0.2) is 0 Å². The highest BCUT2D eigenvalue weighted by molar-refractivity contribution is 5.46. The number of hydrogen-bond donors (Lipinski definition) is 1. The summed E-state index contributed by atoms with van der Waals surface area (Å²) in [5.41, 5.74) is 1.71. The lowest BCUT2D eigenvalue weighted by atomic mass is 10.0. The van der Waals surface area contributed by atoms with Gasteiger partial charge in [-0.05, 0) is 52.8 Å². The number of pyridine rings is 2. The molecule has 148 valence electrons. The number of amides is 1. The maximum absolute atomic E-state index is 10.6. The van der Waals surface area contributed by atoms with E-state index in [1.807, 2.05) is 45.0 Å². The lowest BCUT2D eigenvalue weighted by molar-refractivity contribution is -0.117. The number of carbonyl (C=O) groups is 1. The van der Waals surface area contributed by atoms with Gasteiger partial charge in [0, 0.05) is 37.0 Å². The molecule has 0 aliphatic rings. The summed E-state index contributed by atoms with van der Waals surface area (Å²) in [7, 11) is 0. The normalized spacial score (nSPS) is 10.6. The van der Waals surface area contributed by atoms with E-state index in [1.165, 1.54) is 0 Å². The summed E-state index contributed by atoms with van der Waals surface area (Å²) < 4.78 is 5.23. The number of rotatable bonds is 8. The zero-order chi connectivity index (χ0) is 20.3. The van der Waals surface area contributed by atoms with E-state index in [1.54, 1.807) is 31.0 Å². The van der Waals surface area contributed by atoms with Gasteiger partial charge in [-0.25, -0.2) is 4.98 Å². The van der Waals surface area contributed by atoms with Crippen molar-refractivity contribution in [3.63, 3.8) is 0 Å². The van der Waals surface area contributed by atoms with E-state index in [0.29, 0.717) is 31.8 Å². The molecule has 0 saturated heterocycles. The fourth-order valence-electron chi connectivity index (χ4n) is 2.26.